The number of hydrogen-bond acceptors (Lipinski definition) is 1. The number of benzene rings is 2. The minimum absolute atomic E-state index is 0.966. The van der Waals surface area contributed by atoms with Gasteiger partial charge in [-0.15, -0.1) is 0 Å². The number of aryl methyl sites for hydroxylation is 1. The van der Waals surface area contributed by atoms with E-state index < -0.39 is 0 Å². The van der Waals surface area contributed by atoms with E-state index in [4.69, 9.17) is 0 Å². The van der Waals surface area contributed by atoms with Crippen LogP contribution in [-0.4, -0.2) is 5.71 Å². The van der Waals surface area contributed by atoms with Gasteiger partial charge in [-0.25, -0.2) is 0 Å². The fraction of sp³-hybridized carbons (Fsp3) is 0.208. The van der Waals surface area contributed by atoms with Gasteiger partial charge in [0.05, 0.1) is 5.71 Å². The number of rotatable bonds is 1. The molecule has 1 nitrogen and oxygen atoms in total. The van der Waals surface area contributed by atoms with Crippen molar-refractivity contribution in [2.75, 3.05) is 0 Å². The topological polar surface area (TPSA) is 12.4 Å². The molecular formula is C24H21N. The van der Waals surface area contributed by atoms with Gasteiger partial charge >= 0.3 is 0 Å². The molecule has 0 unspecified atom stereocenters. The van der Waals surface area contributed by atoms with E-state index in [2.05, 4.69) is 65.7 Å². The first-order valence-corrected chi connectivity index (χ1v) is 9.25. The Hall–Kier alpha value is -2.67. The Kier molecular flexibility index (Phi) is 3.52. The Bertz CT molecular complexity index is 970. The minimum Gasteiger partial charge on any atom is -0.257 e. The summed E-state index contributed by atoms with van der Waals surface area (Å²) < 4.78 is 0. The molecule has 3 aliphatic rings. The Morgan fingerprint density at radius 1 is 0.760 bits per heavy atom. The number of aliphatic imine (C=N–C) groups is 1. The van der Waals surface area contributed by atoms with Gasteiger partial charge in [0.25, 0.3) is 0 Å². The van der Waals surface area contributed by atoms with Crippen molar-refractivity contribution in [1.82, 2.24) is 0 Å². The summed E-state index contributed by atoms with van der Waals surface area (Å²) in [7, 11) is 0. The SMILES string of the molecule is C1=CN=C(C2=CCCc3c2ccc2c3CCc3ccccc3-2)C=CC1. The van der Waals surface area contributed by atoms with Crippen molar-refractivity contribution in [3.05, 3.63) is 89.2 Å². The molecule has 2 aliphatic carbocycles. The fourth-order valence-electron chi connectivity index (χ4n) is 4.40. The van der Waals surface area contributed by atoms with Gasteiger partial charge in [-0.1, -0.05) is 54.6 Å². The van der Waals surface area contributed by atoms with Crippen LogP contribution < -0.4 is 0 Å². The third-order valence-electron chi connectivity index (χ3n) is 5.56. The van der Waals surface area contributed by atoms with Crippen LogP contribution in [0.1, 0.15) is 35.1 Å². The monoisotopic (exact) mass is 323 g/mol. The number of hydrogen-bond donors (Lipinski definition) is 0. The lowest BCUT2D eigenvalue weighted by Gasteiger charge is -2.27. The summed E-state index contributed by atoms with van der Waals surface area (Å²) in [6.45, 7) is 0. The molecule has 0 spiro atoms. The molecule has 0 bridgehead atoms. The zero-order chi connectivity index (χ0) is 16.6. The summed E-state index contributed by atoms with van der Waals surface area (Å²) in [5.41, 5.74) is 11.3. The lowest BCUT2D eigenvalue weighted by molar-refractivity contribution is 0.886. The van der Waals surface area contributed by atoms with Crippen LogP contribution >= 0.6 is 0 Å². The van der Waals surface area contributed by atoms with Crippen LogP contribution in [0.5, 0.6) is 0 Å². The van der Waals surface area contributed by atoms with Gasteiger partial charge in [-0.3, -0.25) is 4.99 Å². The first-order valence-electron chi connectivity index (χ1n) is 9.25. The van der Waals surface area contributed by atoms with E-state index in [1.807, 2.05) is 6.20 Å². The molecule has 5 rings (SSSR count). The third-order valence-corrected chi connectivity index (χ3v) is 5.56. The van der Waals surface area contributed by atoms with Gasteiger partial charge in [0.2, 0.25) is 0 Å². The molecule has 0 N–H and O–H groups in total. The molecule has 122 valence electrons. The van der Waals surface area contributed by atoms with E-state index >= 15 is 0 Å². The molecule has 0 radical (unpaired) electrons. The van der Waals surface area contributed by atoms with Crippen LogP contribution in [0.3, 0.4) is 0 Å². The summed E-state index contributed by atoms with van der Waals surface area (Å²) in [4.78, 5) is 4.67. The zero-order valence-corrected chi connectivity index (χ0v) is 14.3. The van der Waals surface area contributed by atoms with E-state index in [1.165, 1.54) is 27.8 Å². The van der Waals surface area contributed by atoms with Crippen molar-refractivity contribution in [3.8, 4) is 11.1 Å². The van der Waals surface area contributed by atoms with E-state index in [9.17, 15) is 0 Å². The molecule has 2 aromatic rings. The number of allylic oxidation sites excluding steroid dienone is 5. The maximum Gasteiger partial charge on any atom is 0.0701 e. The highest BCUT2D eigenvalue weighted by Gasteiger charge is 2.24. The first kappa shape index (κ1) is 14.7. The Balaban J connectivity index is 1.66. The maximum atomic E-state index is 4.67. The lowest BCUT2D eigenvalue weighted by atomic mass is 9.77. The van der Waals surface area contributed by atoms with Crippen molar-refractivity contribution in [2.45, 2.75) is 32.1 Å². The second-order valence-corrected chi connectivity index (χ2v) is 6.97. The highest BCUT2D eigenvalue weighted by molar-refractivity contribution is 6.30. The highest BCUT2D eigenvalue weighted by Crippen LogP contribution is 2.40. The van der Waals surface area contributed by atoms with Crippen LogP contribution in [0.4, 0.5) is 0 Å². The first-order chi connectivity index (χ1) is 12.4. The molecule has 0 atom stereocenters. The molecule has 0 aromatic heterocycles. The highest BCUT2D eigenvalue weighted by atomic mass is 14.7. The largest absolute Gasteiger partial charge is 0.257 e. The van der Waals surface area contributed by atoms with Crippen molar-refractivity contribution < 1.29 is 0 Å². The summed E-state index contributed by atoms with van der Waals surface area (Å²) in [5, 5.41) is 0. The van der Waals surface area contributed by atoms with Gasteiger partial charge in [0, 0.05) is 11.8 Å². The van der Waals surface area contributed by atoms with E-state index in [1.54, 1.807) is 11.1 Å². The van der Waals surface area contributed by atoms with Gasteiger partial charge in [-0.05, 0) is 71.6 Å². The van der Waals surface area contributed by atoms with Crippen LogP contribution in [0.15, 0.2) is 71.9 Å². The standard InChI is InChI=1S/C24H21N/c1-2-11-24(25-16-5-1)23-10-6-9-19-21-13-12-17-7-3-4-8-18(17)20(21)14-15-22(19)23/h2-5,7-8,10-11,14-16H,1,6,9,12-13H2. The predicted molar refractivity (Wildman–Crippen MR) is 106 cm³/mol. The normalized spacial score (nSPS) is 17.8. The molecule has 0 saturated carbocycles. The average molecular weight is 323 g/mol. The quantitative estimate of drug-likeness (QED) is 0.638. The molecule has 2 aromatic carbocycles. The van der Waals surface area contributed by atoms with Crippen LogP contribution in [-0.2, 0) is 19.3 Å². The zero-order valence-electron chi connectivity index (χ0n) is 14.3. The summed E-state index contributed by atoms with van der Waals surface area (Å²) in [5.74, 6) is 0. The Labute approximate surface area is 149 Å². The second kappa shape index (κ2) is 6.00. The smallest absolute Gasteiger partial charge is 0.0701 e. The van der Waals surface area contributed by atoms with Gasteiger partial charge in [0.1, 0.15) is 0 Å². The van der Waals surface area contributed by atoms with Crippen molar-refractivity contribution >= 4 is 11.3 Å². The molecule has 1 aliphatic heterocycles. The fourth-order valence-corrected chi connectivity index (χ4v) is 4.40. The van der Waals surface area contributed by atoms with Crippen molar-refractivity contribution in [3.63, 3.8) is 0 Å². The molecular weight excluding hydrogens is 302 g/mol. The Morgan fingerprint density at radius 3 is 2.64 bits per heavy atom. The van der Waals surface area contributed by atoms with Gasteiger partial charge in [-0.2, -0.15) is 0 Å². The Morgan fingerprint density at radius 2 is 1.64 bits per heavy atom. The second-order valence-electron chi connectivity index (χ2n) is 6.97. The van der Waals surface area contributed by atoms with E-state index in [0.29, 0.717) is 0 Å². The molecule has 1 heterocycles. The van der Waals surface area contributed by atoms with Gasteiger partial charge in [0.15, 0.2) is 0 Å². The van der Waals surface area contributed by atoms with Crippen LogP contribution in [0.2, 0.25) is 0 Å². The van der Waals surface area contributed by atoms with E-state index in [0.717, 1.165) is 37.8 Å². The summed E-state index contributed by atoms with van der Waals surface area (Å²) in [6.07, 6.45) is 16.3. The third kappa shape index (κ3) is 2.42. The summed E-state index contributed by atoms with van der Waals surface area (Å²) >= 11 is 0. The minimum atomic E-state index is 0.966. The molecule has 25 heavy (non-hydrogen) atoms. The van der Waals surface area contributed by atoms with Crippen molar-refractivity contribution in [2.24, 2.45) is 4.99 Å². The molecule has 1 heteroatoms. The summed E-state index contributed by atoms with van der Waals surface area (Å²) in [6, 6.07) is 13.5. The molecule has 0 fully saturated rings. The lowest BCUT2D eigenvalue weighted by Crippen LogP contribution is -2.13. The van der Waals surface area contributed by atoms with Crippen LogP contribution in [0.25, 0.3) is 16.7 Å². The predicted octanol–water partition coefficient (Wildman–Crippen LogP) is 5.70. The molecule has 0 amide bonds. The average Bonchev–Trinajstić information content (AvgIpc) is 2.96. The van der Waals surface area contributed by atoms with Crippen LogP contribution in [0, 0.1) is 0 Å². The molecule has 0 saturated heterocycles. The number of nitrogens with zero attached hydrogens (tertiary/aromatic N) is 1. The van der Waals surface area contributed by atoms with Crippen molar-refractivity contribution in [1.29, 1.82) is 0 Å². The maximum absolute atomic E-state index is 4.67. The van der Waals surface area contributed by atoms with E-state index in [-0.39, 0.29) is 0 Å². The van der Waals surface area contributed by atoms with Gasteiger partial charge < -0.3 is 0 Å². The number of fused-ring (bicyclic) bond motifs is 5.